The van der Waals surface area contributed by atoms with Crippen LogP contribution in [0.2, 0.25) is 10.0 Å². The molecule has 15 heavy (non-hydrogen) atoms. The van der Waals surface area contributed by atoms with Crippen molar-refractivity contribution in [3.63, 3.8) is 0 Å². The largest absolute Gasteiger partial charge is 0.293 e. The van der Waals surface area contributed by atoms with E-state index in [1.54, 1.807) is 24.0 Å². The van der Waals surface area contributed by atoms with Gasteiger partial charge in [0.2, 0.25) is 0 Å². The molecular formula is C10H8Cl2N2S. The second-order valence-corrected chi connectivity index (χ2v) is 4.50. The van der Waals surface area contributed by atoms with Gasteiger partial charge in [0.1, 0.15) is 0 Å². The Balaban J connectivity index is 2.54. The van der Waals surface area contributed by atoms with Gasteiger partial charge in [-0.05, 0) is 24.5 Å². The van der Waals surface area contributed by atoms with Gasteiger partial charge in [-0.3, -0.25) is 4.57 Å². The van der Waals surface area contributed by atoms with Crippen LogP contribution in [0.1, 0.15) is 0 Å². The van der Waals surface area contributed by atoms with Gasteiger partial charge in [-0.25, -0.2) is 4.98 Å². The summed E-state index contributed by atoms with van der Waals surface area (Å²) >= 11 is 13.5. The highest BCUT2D eigenvalue weighted by Gasteiger charge is 2.07. The van der Waals surface area contributed by atoms with Crippen molar-refractivity contribution in [2.24, 2.45) is 0 Å². The third-order valence-electron chi connectivity index (χ3n) is 1.96. The predicted molar refractivity (Wildman–Crippen MR) is 65.4 cm³/mol. The van der Waals surface area contributed by atoms with Gasteiger partial charge in [0.15, 0.2) is 5.16 Å². The van der Waals surface area contributed by atoms with Crippen molar-refractivity contribution in [3.05, 3.63) is 40.6 Å². The van der Waals surface area contributed by atoms with Crippen LogP contribution in [0.15, 0.2) is 35.7 Å². The van der Waals surface area contributed by atoms with Crippen molar-refractivity contribution < 1.29 is 0 Å². The highest BCUT2D eigenvalue weighted by Crippen LogP contribution is 2.27. The lowest BCUT2D eigenvalue weighted by atomic mass is 10.3. The Labute approximate surface area is 102 Å². The fourth-order valence-corrected chi connectivity index (χ4v) is 2.32. The molecule has 2 rings (SSSR count). The molecule has 2 nitrogen and oxygen atoms in total. The number of rotatable bonds is 2. The minimum atomic E-state index is 0.621. The minimum Gasteiger partial charge on any atom is -0.293 e. The highest BCUT2D eigenvalue weighted by atomic mass is 35.5. The summed E-state index contributed by atoms with van der Waals surface area (Å²) in [5, 5.41) is 2.16. The predicted octanol–water partition coefficient (Wildman–Crippen LogP) is 3.90. The molecule has 0 bridgehead atoms. The van der Waals surface area contributed by atoms with Crippen molar-refractivity contribution in [2.75, 3.05) is 6.26 Å². The number of halogens is 2. The van der Waals surface area contributed by atoms with E-state index in [0.29, 0.717) is 10.0 Å². The Hall–Kier alpha value is -0.640. The molecule has 0 aliphatic rings. The maximum Gasteiger partial charge on any atom is 0.172 e. The topological polar surface area (TPSA) is 17.8 Å². The average Bonchev–Trinajstić information content (AvgIpc) is 2.65. The molecule has 0 spiro atoms. The molecule has 0 aliphatic heterocycles. The summed E-state index contributed by atoms with van der Waals surface area (Å²) in [6, 6.07) is 5.42. The Morgan fingerprint density at radius 2 is 2.13 bits per heavy atom. The average molecular weight is 259 g/mol. The molecule has 0 radical (unpaired) electrons. The minimum absolute atomic E-state index is 0.621. The lowest BCUT2D eigenvalue weighted by Gasteiger charge is -2.07. The Kier molecular flexibility index (Phi) is 3.24. The quantitative estimate of drug-likeness (QED) is 0.761. The molecule has 0 aliphatic carbocycles. The number of hydrogen-bond acceptors (Lipinski definition) is 2. The summed E-state index contributed by atoms with van der Waals surface area (Å²) < 4.78 is 1.93. The van der Waals surface area contributed by atoms with Crippen molar-refractivity contribution in [2.45, 2.75) is 5.16 Å². The molecule has 0 N–H and O–H groups in total. The smallest absolute Gasteiger partial charge is 0.172 e. The number of aromatic nitrogens is 2. The van der Waals surface area contributed by atoms with Crippen LogP contribution in [0, 0.1) is 0 Å². The van der Waals surface area contributed by atoms with Crippen LogP contribution < -0.4 is 0 Å². The highest BCUT2D eigenvalue weighted by molar-refractivity contribution is 7.98. The molecule has 0 amide bonds. The lowest BCUT2D eigenvalue weighted by molar-refractivity contribution is 0.898. The molecule has 0 saturated carbocycles. The zero-order valence-electron chi connectivity index (χ0n) is 7.95. The molecule has 0 saturated heterocycles. The second-order valence-electron chi connectivity index (χ2n) is 2.88. The molecule has 1 heterocycles. The fraction of sp³-hybridized carbons (Fsp3) is 0.100. The van der Waals surface area contributed by atoms with Crippen molar-refractivity contribution in [1.29, 1.82) is 0 Å². The monoisotopic (exact) mass is 258 g/mol. The van der Waals surface area contributed by atoms with Gasteiger partial charge in [0, 0.05) is 17.4 Å². The van der Waals surface area contributed by atoms with E-state index in [1.165, 1.54) is 0 Å². The normalized spacial score (nSPS) is 10.6. The van der Waals surface area contributed by atoms with Crippen LogP contribution >= 0.6 is 35.0 Å². The van der Waals surface area contributed by atoms with Gasteiger partial charge in [-0.2, -0.15) is 0 Å². The van der Waals surface area contributed by atoms with E-state index in [9.17, 15) is 0 Å². The molecule has 1 aromatic carbocycles. The molecule has 1 aromatic heterocycles. The van der Waals surface area contributed by atoms with E-state index in [1.807, 2.05) is 29.2 Å². The lowest BCUT2D eigenvalue weighted by Crippen LogP contribution is -1.95. The number of thioether (sulfide) groups is 1. The third kappa shape index (κ3) is 2.14. The molecule has 0 unspecified atom stereocenters. The van der Waals surface area contributed by atoms with E-state index in [2.05, 4.69) is 4.98 Å². The van der Waals surface area contributed by atoms with Crippen LogP contribution in [0.25, 0.3) is 5.69 Å². The van der Waals surface area contributed by atoms with Crippen LogP contribution in [0.3, 0.4) is 0 Å². The Bertz CT molecular complexity index is 482. The first-order valence-electron chi connectivity index (χ1n) is 4.25. The van der Waals surface area contributed by atoms with Gasteiger partial charge in [-0.1, -0.05) is 35.0 Å². The second kappa shape index (κ2) is 4.47. The summed E-state index contributed by atoms with van der Waals surface area (Å²) in [6.45, 7) is 0. The van der Waals surface area contributed by atoms with E-state index < -0.39 is 0 Å². The van der Waals surface area contributed by atoms with Crippen molar-refractivity contribution >= 4 is 35.0 Å². The number of imidazole rings is 1. The molecule has 2 aromatic rings. The Morgan fingerprint density at radius 1 is 1.33 bits per heavy atom. The maximum atomic E-state index is 6.11. The molecule has 0 fully saturated rings. The van der Waals surface area contributed by atoms with Gasteiger partial charge >= 0.3 is 0 Å². The third-order valence-corrected chi connectivity index (χ3v) is 3.16. The zero-order valence-corrected chi connectivity index (χ0v) is 10.3. The summed E-state index contributed by atoms with van der Waals surface area (Å²) in [4.78, 5) is 4.21. The molecule has 78 valence electrons. The number of nitrogens with zero attached hydrogens (tertiary/aromatic N) is 2. The summed E-state index contributed by atoms with van der Waals surface area (Å²) in [5.74, 6) is 0. The van der Waals surface area contributed by atoms with Crippen LogP contribution in [-0.4, -0.2) is 15.8 Å². The van der Waals surface area contributed by atoms with Gasteiger partial charge < -0.3 is 0 Å². The van der Waals surface area contributed by atoms with E-state index in [0.717, 1.165) is 10.8 Å². The Morgan fingerprint density at radius 3 is 2.80 bits per heavy atom. The van der Waals surface area contributed by atoms with Gasteiger partial charge in [0.25, 0.3) is 0 Å². The van der Waals surface area contributed by atoms with Gasteiger partial charge in [-0.15, -0.1) is 0 Å². The first kappa shape index (κ1) is 10.9. The molecule has 0 atom stereocenters. The van der Waals surface area contributed by atoms with Crippen LogP contribution in [0.4, 0.5) is 0 Å². The van der Waals surface area contributed by atoms with Crippen molar-refractivity contribution in [1.82, 2.24) is 9.55 Å². The van der Waals surface area contributed by atoms with E-state index in [-0.39, 0.29) is 0 Å². The summed E-state index contributed by atoms with van der Waals surface area (Å²) in [5.41, 5.74) is 0.892. The summed E-state index contributed by atoms with van der Waals surface area (Å²) in [6.07, 6.45) is 5.60. The zero-order chi connectivity index (χ0) is 10.8. The molecular weight excluding hydrogens is 251 g/mol. The SMILES string of the molecule is CSc1nccn1-c1ccc(Cl)cc1Cl. The maximum absolute atomic E-state index is 6.11. The fourth-order valence-electron chi connectivity index (χ4n) is 1.30. The first-order chi connectivity index (χ1) is 7.22. The number of benzene rings is 1. The van der Waals surface area contributed by atoms with Crippen LogP contribution in [0.5, 0.6) is 0 Å². The molecule has 5 heteroatoms. The first-order valence-corrected chi connectivity index (χ1v) is 6.23. The van der Waals surface area contributed by atoms with Crippen LogP contribution in [-0.2, 0) is 0 Å². The number of hydrogen-bond donors (Lipinski definition) is 0. The van der Waals surface area contributed by atoms with Crippen molar-refractivity contribution in [3.8, 4) is 5.69 Å². The van der Waals surface area contributed by atoms with E-state index in [4.69, 9.17) is 23.2 Å². The summed E-state index contributed by atoms with van der Waals surface area (Å²) in [7, 11) is 0. The standard InChI is InChI=1S/C10H8Cl2N2S/c1-15-10-13-4-5-14(10)9-3-2-7(11)6-8(9)12/h2-6H,1H3. The van der Waals surface area contributed by atoms with E-state index >= 15 is 0 Å². The van der Waals surface area contributed by atoms with Gasteiger partial charge in [0.05, 0.1) is 10.7 Å².